The molecule has 23 heavy (non-hydrogen) atoms. The van der Waals surface area contributed by atoms with Gasteiger partial charge in [-0.1, -0.05) is 12.1 Å². The monoisotopic (exact) mass is 326 g/mol. The second-order valence-electron chi connectivity index (χ2n) is 5.76. The van der Waals surface area contributed by atoms with Crippen LogP contribution in [-0.2, 0) is 0 Å². The summed E-state index contributed by atoms with van der Waals surface area (Å²) in [5.41, 5.74) is 1.84. The maximum atomic E-state index is 4.65. The second-order valence-corrected chi connectivity index (χ2v) is 6.56. The Labute approximate surface area is 139 Å². The minimum Gasteiger partial charge on any atom is -0.352 e. The summed E-state index contributed by atoms with van der Waals surface area (Å²) in [6.45, 7) is 7.52. The lowest BCUT2D eigenvalue weighted by atomic mass is 10.2. The highest BCUT2D eigenvalue weighted by Crippen LogP contribution is 2.30. The van der Waals surface area contributed by atoms with Crippen LogP contribution >= 0.6 is 11.5 Å². The van der Waals surface area contributed by atoms with Gasteiger partial charge in [-0.2, -0.15) is 9.47 Å². The summed E-state index contributed by atoms with van der Waals surface area (Å²) in [6, 6.07) is 8.41. The van der Waals surface area contributed by atoms with Crippen molar-refractivity contribution in [2.75, 3.05) is 36.0 Å². The second kappa shape index (κ2) is 5.73. The molecule has 0 amide bonds. The summed E-state index contributed by atoms with van der Waals surface area (Å²) in [6.07, 6.45) is 0. The number of hydrogen-bond acceptors (Lipinski definition) is 7. The van der Waals surface area contributed by atoms with Gasteiger partial charge in [0.2, 0.25) is 5.95 Å². The van der Waals surface area contributed by atoms with E-state index in [-0.39, 0.29) is 0 Å². The Balaban J connectivity index is 1.51. The van der Waals surface area contributed by atoms with Gasteiger partial charge in [-0.15, -0.1) is 5.10 Å². The van der Waals surface area contributed by atoms with Crippen LogP contribution in [0.1, 0.15) is 11.4 Å². The van der Waals surface area contributed by atoms with Crippen molar-refractivity contribution in [2.45, 2.75) is 13.8 Å². The fraction of sp³-hybridized carbons (Fsp3) is 0.375. The fourth-order valence-corrected chi connectivity index (χ4v) is 3.59. The van der Waals surface area contributed by atoms with Crippen molar-refractivity contribution in [1.82, 2.24) is 19.6 Å². The minimum absolute atomic E-state index is 0.732. The van der Waals surface area contributed by atoms with E-state index in [4.69, 9.17) is 0 Å². The van der Waals surface area contributed by atoms with Gasteiger partial charge in [-0.3, -0.25) is 0 Å². The number of hydrogen-bond donors (Lipinski definition) is 0. The van der Waals surface area contributed by atoms with Gasteiger partial charge >= 0.3 is 0 Å². The van der Waals surface area contributed by atoms with Crippen LogP contribution in [0.5, 0.6) is 0 Å². The number of rotatable bonds is 2. The summed E-state index contributed by atoms with van der Waals surface area (Å²) in [7, 11) is 0. The maximum absolute atomic E-state index is 4.65. The van der Waals surface area contributed by atoms with Crippen molar-refractivity contribution < 1.29 is 0 Å². The molecule has 0 aliphatic carbocycles. The molecule has 0 saturated carbocycles. The van der Waals surface area contributed by atoms with E-state index in [0.717, 1.165) is 49.3 Å². The summed E-state index contributed by atoms with van der Waals surface area (Å²) in [4.78, 5) is 9.10. The predicted octanol–water partition coefficient (Wildman–Crippen LogP) is 2.42. The van der Waals surface area contributed by atoms with Crippen LogP contribution in [0.15, 0.2) is 24.3 Å². The lowest BCUT2D eigenvalue weighted by Crippen LogP contribution is -2.47. The van der Waals surface area contributed by atoms with E-state index in [1.54, 1.807) is 11.5 Å². The van der Waals surface area contributed by atoms with Gasteiger partial charge in [-0.25, -0.2) is 4.98 Å². The standard InChI is InChI=1S/C16H18N6S/c1-11-12(2)18-19-16(17-11)22-9-7-21(8-10-22)15-13-5-3-4-6-14(13)23-20-15/h3-6H,7-10H2,1-2H3. The number of nitrogens with zero attached hydrogens (tertiary/aromatic N) is 6. The first-order chi connectivity index (χ1) is 11.2. The molecule has 0 unspecified atom stereocenters. The Bertz CT molecular complexity index is 837. The molecule has 0 radical (unpaired) electrons. The molecule has 0 bridgehead atoms. The third-order valence-corrected chi connectivity index (χ3v) is 5.12. The molecule has 1 fully saturated rings. The number of anilines is 2. The molecule has 1 aliphatic heterocycles. The van der Waals surface area contributed by atoms with E-state index in [0.29, 0.717) is 0 Å². The highest BCUT2D eigenvalue weighted by atomic mass is 32.1. The largest absolute Gasteiger partial charge is 0.352 e. The molecule has 3 aromatic rings. The average molecular weight is 326 g/mol. The number of fused-ring (bicyclic) bond motifs is 1. The van der Waals surface area contributed by atoms with Crippen molar-refractivity contribution in [2.24, 2.45) is 0 Å². The Kier molecular flexibility index (Phi) is 3.57. The molecule has 6 nitrogen and oxygen atoms in total. The summed E-state index contributed by atoms with van der Waals surface area (Å²) < 4.78 is 5.89. The van der Waals surface area contributed by atoms with Crippen molar-refractivity contribution in [3.05, 3.63) is 35.7 Å². The van der Waals surface area contributed by atoms with Crippen molar-refractivity contribution in [3.63, 3.8) is 0 Å². The Morgan fingerprint density at radius 3 is 2.43 bits per heavy atom. The number of aromatic nitrogens is 4. The van der Waals surface area contributed by atoms with Crippen LogP contribution in [0.3, 0.4) is 0 Å². The van der Waals surface area contributed by atoms with Crippen molar-refractivity contribution in [1.29, 1.82) is 0 Å². The van der Waals surface area contributed by atoms with E-state index < -0.39 is 0 Å². The van der Waals surface area contributed by atoms with Gasteiger partial charge in [-0.05, 0) is 37.5 Å². The molecule has 1 aromatic carbocycles. The zero-order valence-electron chi connectivity index (χ0n) is 13.2. The molecule has 7 heteroatoms. The summed E-state index contributed by atoms with van der Waals surface area (Å²) in [5.74, 6) is 1.83. The lowest BCUT2D eigenvalue weighted by Gasteiger charge is -2.34. The molecule has 1 aliphatic rings. The molecule has 3 heterocycles. The summed E-state index contributed by atoms with van der Waals surface area (Å²) in [5, 5.41) is 9.66. The van der Waals surface area contributed by atoms with Gasteiger partial charge in [0, 0.05) is 31.6 Å². The molecule has 0 atom stereocenters. The smallest absolute Gasteiger partial charge is 0.245 e. The zero-order valence-corrected chi connectivity index (χ0v) is 14.0. The zero-order chi connectivity index (χ0) is 15.8. The number of piperazine rings is 1. The highest BCUT2D eigenvalue weighted by molar-refractivity contribution is 7.13. The molecule has 0 N–H and O–H groups in total. The Morgan fingerprint density at radius 1 is 0.913 bits per heavy atom. The Morgan fingerprint density at radius 2 is 1.65 bits per heavy atom. The summed E-state index contributed by atoms with van der Waals surface area (Å²) >= 11 is 1.57. The molecule has 1 saturated heterocycles. The van der Waals surface area contributed by atoms with Crippen LogP contribution in [0.2, 0.25) is 0 Å². The molecule has 0 spiro atoms. The fourth-order valence-electron chi connectivity index (χ4n) is 2.80. The molecule has 118 valence electrons. The average Bonchev–Trinajstić information content (AvgIpc) is 3.02. The molecular weight excluding hydrogens is 308 g/mol. The number of benzene rings is 1. The Hall–Kier alpha value is -2.28. The van der Waals surface area contributed by atoms with E-state index in [2.05, 4.69) is 53.6 Å². The van der Waals surface area contributed by atoms with E-state index in [9.17, 15) is 0 Å². The van der Waals surface area contributed by atoms with E-state index in [1.807, 2.05) is 13.8 Å². The number of aryl methyl sites for hydroxylation is 2. The van der Waals surface area contributed by atoms with Crippen LogP contribution in [0.25, 0.3) is 10.1 Å². The highest BCUT2D eigenvalue weighted by Gasteiger charge is 2.22. The lowest BCUT2D eigenvalue weighted by molar-refractivity contribution is 0.630. The maximum Gasteiger partial charge on any atom is 0.245 e. The SMILES string of the molecule is Cc1nnc(N2CCN(c3nsc4ccccc34)CC2)nc1C. The first-order valence-corrected chi connectivity index (χ1v) is 8.52. The van der Waals surface area contributed by atoms with E-state index >= 15 is 0 Å². The van der Waals surface area contributed by atoms with Gasteiger partial charge in [0.05, 0.1) is 16.1 Å². The quantitative estimate of drug-likeness (QED) is 0.721. The van der Waals surface area contributed by atoms with Crippen molar-refractivity contribution >= 4 is 33.4 Å². The molecule has 4 rings (SSSR count). The van der Waals surface area contributed by atoms with Gasteiger partial charge < -0.3 is 9.80 Å². The van der Waals surface area contributed by atoms with Crippen LogP contribution in [0, 0.1) is 13.8 Å². The molecule has 2 aromatic heterocycles. The van der Waals surface area contributed by atoms with Gasteiger partial charge in [0.15, 0.2) is 0 Å². The first-order valence-electron chi connectivity index (χ1n) is 7.74. The van der Waals surface area contributed by atoms with Crippen LogP contribution in [-0.4, -0.2) is 45.7 Å². The first kappa shape index (κ1) is 14.3. The third-order valence-electron chi connectivity index (χ3n) is 4.30. The van der Waals surface area contributed by atoms with E-state index in [1.165, 1.54) is 10.1 Å². The van der Waals surface area contributed by atoms with Crippen LogP contribution < -0.4 is 9.80 Å². The third kappa shape index (κ3) is 2.61. The van der Waals surface area contributed by atoms with Gasteiger partial charge in [0.25, 0.3) is 0 Å². The predicted molar refractivity (Wildman–Crippen MR) is 93.3 cm³/mol. The molecular formula is C16H18N6S. The topological polar surface area (TPSA) is 58.0 Å². The van der Waals surface area contributed by atoms with Crippen LogP contribution in [0.4, 0.5) is 11.8 Å². The minimum atomic E-state index is 0.732. The van der Waals surface area contributed by atoms with Crippen molar-refractivity contribution in [3.8, 4) is 0 Å². The normalized spacial score (nSPS) is 15.4. The van der Waals surface area contributed by atoms with Gasteiger partial charge in [0.1, 0.15) is 5.82 Å².